The molecular weight excluding hydrogens is 248 g/mol. The van der Waals surface area contributed by atoms with Gasteiger partial charge in [0.15, 0.2) is 0 Å². The van der Waals surface area contributed by atoms with Crippen LogP contribution in [0.15, 0.2) is 48.5 Å². The van der Waals surface area contributed by atoms with Gasteiger partial charge in [-0.1, -0.05) is 48.0 Å². The summed E-state index contributed by atoms with van der Waals surface area (Å²) in [7, 11) is 0. The lowest BCUT2D eigenvalue weighted by atomic mass is 9.97. The molecule has 88 valence electrons. The molecule has 0 saturated carbocycles. The number of hydrogen-bond acceptors (Lipinski definition) is 1. The van der Waals surface area contributed by atoms with Crippen molar-refractivity contribution >= 4 is 39.1 Å². The monoisotopic (exact) mass is 256 g/mol. The molecule has 0 bridgehead atoms. The molecule has 0 aliphatic carbocycles. The van der Waals surface area contributed by atoms with Crippen molar-refractivity contribution in [1.29, 1.82) is 0 Å². The van der Waals surface area contributed by atoms with Gasteiger partial charge in [-0.2, -0.15) is 0 Å². The Balaban J connectivity index is 2.64. The Morgan fingerprint density at radius 2 is 1.72 bits per heavy atom. The molecule has 1 N–H and O–H groups in total. The molecule has 3 aromatic carbocycles. The van der Waals surface area contributed by atoms with Gasteiger partial charge in [0.2, 0.25) is 0 Å². The Bertz CT molecular complexity index is 778. The lowest BCUT2D eigenvalue weighted by Gasteiger charge is -2.09. The normalized spacial score (nSPS) is 10.9. The van der Waals surface area contributed by atoms with E-state index in [2.05, 4.69) is 0 Å². The van der Waals surface area contributed by atoms with Crippen LogP contribution in [-0.4, -0.2) is 11.1 Å². The molecule has 2 nitrogen and oxygen atoms in total. The largest absolute Gasteiger partial charge is 0.478 e. The van der Waals surface area contributed by atoms with Crippen LogP contribution in [0.3, 0.4) is 0 Å². The van der Waals surface area contributed by atoms with E-state index >= 15 is 0 Å². The second kappa shape index (κ2) is 4.00. The summed E-state index contributed by atoms with van der Waals surface area (Å²) < 4.78 is 0. The lowest BCUT2D eigenvalue weighted by molar-refractivity contribution is 0.0701. The number of hydrogen-bond donors (Lipinski definition) is 1. The summed E-state index contributed by atoms with van der Waals surface area (Å²) in [5.41, 5.74) is 0.272. The molecular formula is C15H9ClO2. The van der Waals surface area contributed by atoms with E-state index in [1.807, 2.05) is 42.5 Å². The molecule has 3 aromatic rings. The zero-order valence-electron chi connectivity index (χ0n) is 9.35. The fraction of sp³-hybridized carbons (Fsp3) is 0. The second-order valence-corrected chi connectivity index (χ2v) is 4.52. The van der Waals surface area contributed by atoms with Crippen LogP contribution in [0.4, 0.5) is 0 Å². The Hall–Kier alpha value is -2.06. The minimum atomic E-state index is -0.954. The smallest absolute Gasteiger partial charge is 0.337 e. The van der Waals surface area contributed by atoms with Crippen LogP contribution >= 0.6 is 11.6 Å². The molecule has 18 heavy (non-hydrogen) atoms. The summed E-state index contributed by atoms with van der Waals surface area (Å²) in [5.74, 6) is -0.954. The van der Waals surface area contributed by atoms with Gasteiger partial charge in [-0.05, 0) is 28.3 Å². The maximum absolute atomic E-state index is 11.5. The molecule has 3 heteroatoms. The quantitative estimate of drug-likeness (QED) is 0.658. The van der Waals surface area contributed by atoms with E-state index in [1.165, 1.54) is 0 Å². The van der Waals surface area contributed by atoms with E-state index < -0.39 is 5.97 Å². The average molecular weight is 257 g/mol. The molecule has 0 fully saturated rings. The number of carboxylic acids is 1. The third-order valence-electron chi connectivity index (χ3n) is 3.05. The maximum Gasteiger partial charge on any atom is 0.337 e. The third kappa shape index (κ3) is 1.54. The SMILES string of the molecule is O=C(O)c1c2ccccc2cc2cccc(Cl)c12. The van der Waals surface area contributed by atoms with E-state index in [1.54, 1.807) is 6.07 Å². The molecule has 0 aromatic heterocycles. The Kier molecular flexibility index (Phi) is 2.46. The Morgan fingerprint density at radius 1 is 1.00 bits per heavy atom. The summed E-state index contributed by atoms with van der Waals surface area (Å²) in [4.78, 5) is 11.5. The number of rotatable bonds is 1. The highest BCUT2D eigenvalue weighted by molar-refractivity contribution is 6.37. The number of fused-ring (bicyclic) bond motifs is 2. The van der Waals surface area contributed by atoms with Crippen LogP contribution in [0, 0.1) is 0 Å². The topological polar surface area (TPSA) is 37.3 Å². The molecule has 0 heterocycles. The number of halogens is 1. The van der Waals surface area contributed by atoms with Gasteiger partial charge in [-0.25, -0.2) is 4.79 Å². The molecule has 0 aliphatic heterocycles. The molecule has 0 atom stereocenters. The van der Waals surface area contributed by atoms with Gasteiger partial charge in [-0.15, -0.1) is 0 Å². The first-order chi connectivity index (χ1) is 8.68. The summed E-state index contributed by atoms with van der Waals surface area (Å²) >= 11 is 6.14. The van der Waals surface area contributed by atoms with E-state index in [0.717, 1.165) is 10.8 Å². The summed E-state index contributed by atoms with van der Waals surface area (Å²) in [6, 6.07) is 14.8. The fourth-order valence-electron chi connectivity index (χ4n) is 2.30. The van der Waals surface area contributed by atoms with Crippen molar-refractivity contribution in [1.82, 2.24) is 0 Å². The van der Waals surface area contributed by atoms with Gasteiger partial charge in [0.05, 0.1) is 5.56 Å². The molecule has 0 saturated heterocycles. The molecule has 0 spiro atoms. The van der Waals surface area contributed by atoms with Gasteiger partial charge in [0, 0.05) is 10.4 Å². The van der Waals surface area contributed by atoms with Gasteiger partial charge in [0.1, 0.15) is 0 Å². The average Bonchev–Trinajstić information content (AvgIpc) is 2.36. The number of carboxylic acid groups (broad SMARTS) is 1. The first-order valence-corrected chi connectivity index (χ1v) is 5.89. The van der Waals surface area contributed by atoms with Crippen molar-refractivity contribution in [2.45, 2.75) is 0 Å². The highest BCUT2D eigenvalue weighted by Crippen LogP contribution is 2.33. The highest BCUT2D eigenvalue weighted by Gasteiger charge is 2.15. The molecule has 0 radical (unpaired) electrons. The van der Waals surface area contributed by atoms with Crippen LogP contribution in [0.25, 0.3) is 21.5 Å². The van der Waals surface area contributed by atoms with Crippen molar-refractivity contribution in [3.05, 3.63) is 59.1 Å². The van der Waals surface area contributed by atoms with Gasteiger partial charge in [-0.3, -0.25) is 0 Å². The van der Waals surface area contributed by atoms with Crippen molar-refractivity contribution in [3.63, 3.8) is 0 Å². The number of carbonyl (C=O) groups is 1. The standard InChI is InChI=1S/C15H9ClO2/c16-12-7-3-5-10-8-9-4-1-2-6-11(9)14(13(10)12)15(17)18/h1-8H,(H,17,18). The van der Waals surface area contributed by atoms with E-state index in [4.69, 9.17) is 11.6 Å². The minimum Gasteiger partial charge on any atom is -0.478 e. The predicted octanol–water partition coefficient (Wildman–Crippen LogP) is 4.34. The fourth-order valence-corrected chi connectivity index (χ4v) is 2.58. The van der Waals surface area contributed by atoms with Crippen molar-refractivity contribution in [2.24, 2.45) is 0 Å². The van der Waals surface area contributed by atoms with Gasteiger partial charge < -0.3 is 5.11 Å². The predicted molar refractivity (Wildman–Crippen MR) is 73.4 cm³/mol. The van der Waals surface area contributed by atoms with Gasteiger partial charge in [0.25, 0.3) is 0 Å². The summed E-state index contributed by atoms with van der Waals surface area (Å²) in [6.45, 7) is 0. The van der Waals surface area contributed by atoms with Crippen LogP contribution in [0.2, 0.25) is 5.02 Å². The van der Waals surface area contributed by atoms with Crippen molar-refractivity contribution < 1.29 is 9.90 Å². The summed E-state index contributed by atoms with van der Waals surface area (Å²) in [5, 5.41) is 13.0. The van der Waals surface area contributed by atoms with E-state index in [0.29, 0.717) is 15.8 Å². The maximum atomic E-state index is 11.5. The molecule has 0 unspecified atom stereocenters. The first kappa shape index (κ1) is 11.1. The van der Waals surface area contributed by atoms with Crippen LogP contribution in [-0.2, 0) is 0 Å². The van der Waals surface area contributed by atoms with Crippen LogP contribution in [0.5, 0.6) is 0 Å². The van der Waals surface area contributed by atoms with Crippen LogP contribution in [0.1, 0.15) is 10.4 Å². The van der Waals surface area contributed by atoms with Crippen molar-refractivity contribution in [3.8, 4) is 0 Å². The lowest BCUT2D eigenvalue weighted by Crippen LogP contribution is -1.99. The number of aromatic carboxylic acids is 1. The van der Waals surface area contributed by atoms with E-state index in [9.17, 15) is 9.90 Å². The first-order valence-electron chi connectivity index (χ1n) is 5.52. The Labute approximate surface area is 108 Å². The molecule has 0 aliphatic rings. The zero-order chi connectivity index (χ0) is 12.7. The highest BCUT2D eigenvalue weighted by atomic mass is 35.5. The second-order valence-electron chi connectivity index (χ2n) is 4.12. The third-order valence-corrected chi connectivity index (χ3v) is 3.37. The van der Waals surface area contributed by atoms with Crippen molar-refractivity contribution in [2.75, 3.05) is 0 Å². The molecule has 3 rings (SSSR count). The summed E-state index contributed by atoms with van der Waals surface area (Å²) in [6.07, 6.45) is 0. The minimum absolute atomic E-state index is 0.272. The zero-order valence-corrected chi connectivity index (χ0v) is 10.1. The van der Waals surface area contributed by atoms with Crippen LogP contribution < -0.4 is 0 Å². The number of benzene rings is 3. The van der Waals surface area contributed by atoms with E-state index in [-0.39, 0.29) is 5.56 Å². The molecule has 0 amide bonds. The Morgan fingerprint density at radius 3 is 2.50 bits per heavy atom. The van der Waals surface area contributed by atoms with Gasteiger partial charge >= 0.3 is 5.97 Å².